The maximum atomic E-state index is 12.0. The topological polar surface area (TPSA) is 46.6 Å². The highest BCUT2D eigenvalue weighted by molar-refractivity contribution is 9.09. The van der Waals surface area contributed by atoms with Gasteiger partial charge in [-0.3, -0.25) is 9.59 Å². The van der Waals surface area contributed by atoms with Crippen molar-refractivity contribution in [2.75, 3.05) is 25.0 Å². The zero-order valence-electron chi connectivity index (χ0n) is 13.8. The molecule has 0 unspecified atom stereocenters. The van der Waals surface area contributed by atoms with Crippen LogP contribution in [0.1, 0.15) is 64.7 Å². The van der Waals surface area contributed by atoms with Crippen molar-refractivity contribution in [3.05, 3.63) is 0 Å². The average molecular weight is 376 g/mol. The summed E-state index contributed by atoms with van der Waals surface area (Å²) >= 11 is 3.18. The van der Waals surface area contributed by atoms with Gasteiger partial charge in [-0.25, -0.2) is 0 Å². The summed E-state index contributed by atoms with van der Waals surface area (Å²) in [5.41, 5.74) is 0. The standard InChI is InChI=1S/C17H30BrNO3/c1-2-3-4-5-6-7-8-13-22-17(21)15-9-11-19(12-10-15)16(20)14-18/h15H,2-14H2,1H3. The first-order chi connectivity index (χ1) is 10.7. The van der Waals surface area contributed by atoms with E-state index < -0.39 is 0 Å². The van der Waals surface area contributed by atoms with Gasteiger partial charge in [-0.15, -0.1) is 0 Å². The summed E-state index contributed by atoms with van der Waals surface area (Å²) < 4.78 is 5.38. The molecule has 1 saturated heterocycles. The van der Waals surface area contributed by atoms with Crippen molar-refractivity contribution in [3.8, 4) is 0 Å². The molecule has 0 atom stereocenters. The summed E-state index contributed by atoms with van der Waals surface area (Å²) in [5.74, 6) is 0.00995. The van der Waals surface area contributed by atoms with Gasteiger partial charge >= 0.3 is 5.97 Å². The van der Waals surface area contributed by atoms with Gasteiger partial charge < -0.3 is 9.64 Å². The molecule has 0 bridgehead atoms. The minimum atomic E-state index is -0.0723. The second kappa shape index (κ2) is 11.9. The fraction of sp³-hybridized carbons (Fsp3) is 0.882. The van der Waals surface area contributed by atoms with Crippen molar-refractivity contribution >= 4 is 27.8 Å². The van der Waals surface area contributed by atoms with Crippen molar-refractivity contribution in [2.45, 2.75) is 64.7 Å². The first kappa shape index (κ1) is 19.5. The maximum Gasteiger partial charge on any atom is 0.309 e. The molecule has 1 rings (SSSR count). The van der Waals surface area contributed by atoms with Crippen LogP contribution in [0.15, 0.2) is 0 Å². The van der Waals surface area contributed by atoms with Crippen LogP contribution in [-0.4, -0.2) is 41.8 Å². The first-order valence-electron chi connectivity index (χ1n) is 8.69. The van der Waals surface area contributed by atoms with Crippen molar-refractivity contribution in [1.82, 2.24) is 4.90 Å². The smallest absolute Gasteiger partial charge is 0.309 e. The molecular weight excluding hydrogens is 346 g/mol. The summed E-state index contributed by atoms with van der Waals surface area (Å²) in [6.07, 6.45) is 10.0. The number of alkyl halides is 1. The highest BCUT2D eigenvalue weighted by Gasteiger charge is 2.27. The van der Waals surface area contributed by atoms with Crippen LogP contribution in [0.4, 0.5) is 0 Å². The minimum absolute atomic E-state index is 0.0241. The monoisotopic (exact) mass is 375 g/mol. The van der Waals surface area contributed by atoms with Gasteiger partial charge in [0.2, 0.25) is 5.91 Å². The van der Waals surface area contributed by atoms with Crippen LogP contribution in [0.2, 0.25) is 0 Å². The molecule has 1 aliphatic heterocycles. The molecule has 128 valence electrons. The lowest BCUT2D eigenvalue weighted by Crippen LogP contribution is -2.41. The van der Waals surface area contributed by atoms with Crippen LogP contribution in [0.25, 0.3) is 0 Å². The summed E-state index contributed by atoms with van der Waals surface area (Å²) in [6.45, 7) is 4.11. The number of likely N-dealkylation sites (tertiary alicyclic amines) is 1. The Morgan fingerprint density at radius 2 is 1.64 bits per heavy atom. The zero-order valence-corrected chi connectivity index (χ0v) is 15.4. The van der Waals surface area contributed by atoms with Crippen LogP contribution < -0.4 is 0 Å². The molecular formula is C17H30BrNO3. The number of unbranched alkanes of at least 4 members (excludes halogenated alkanes) is 6. The molecule has 4 nitrogen and oxygen atoms in total. The Hall–Kier alpha value is -0.580. The third kappa shape index (κ3) is 7.61. The van der Waals surface area contributed by atoms with E-state index in [0.717, 1.165) is 25.7 Å². The van der Waals surface area contributed by atoms with Crippen molar-refractivity contribution < 1.29 is 14.3 Å². The third-order valence-corrected chi connectivity index (χ3v) is 4.77. The molecule has 0 aromatic rings. The van der Waals surface area contributed by atoms with Crippen LogP contribution in [0.3, 0.4) is 0 Å². The zero-order chi connectivity index (χ0) is 16.2. The van der Waals surface area contributed by atoms with Crippen molar-refractivity contribution in [3.63, 3.8) is 0 Å². The third-order valence-electron chi connectivity index (χ3n) is 4.29. The molecule has 0 aromatic carbocycles. The van der Waals surface area contributed by atoms with Gasteiger partial charge in [-0.05, 0) is 19.3 Å². The molecule has 1 amide bonds. The van der Waals surface area contributed by atoms with E-state index in [2.05, 4.69) is 22.9 Å². The molecule has 0 N–H and O–H groups in total. The van der Waals surface area contributed by atoms with E-state index in [1.54, 1.807) is 0 Å². The first-order valence-corrected chi connectivity index (χ1v) is 9.81. The van der Waals surface area contributed by atoms with Crippen LogP contribution >= 0.6 is 15.9 Å². The lowest BCUT2D eigenvalue weighted by atomic mass is 9.97. The number of nitrogens with zero attached hydrogens (tertiary/aromatic N) is 1. The Balaban J connectivity index is 2.03. The van der Waals surface area contributed by atoms with Crippen molar-refractivity contribution in [2.24, 2.45) is 5.92 Å². The number of hydrogen-bond donors (Lipinski definition) is 0. The highest BCUT2D eigenvalue weighted by Crippen LogP contribution is 2.19. The Kier molecular flexibility index (Phi) is 10.5. The van der Waals surface area contributed by atoms with Crippen LogP contribution in [-0.2, 0) is 14.3 Å². The SMILES string of the molecule is CCCCCCCCCOC(=O)C1CCN(C(=O)CBr)CC1. The number of carbonyl (C=O) groups is 2. The van der Waals surface area contributed by atoms with E-state index in [0.29, 0.717) is 25.0 Å². The largest absolute Gasteiger partial charge is 0.465 e. The Labute approximate surface area is 143 Å². The predicted molar refractivity (Wildman–Crippen MR) is 92.1 cm³/mol. The second-order valence-corrected chi connectivity index (χ2v) is 6.64. The quantitative estimate of drug-likeness (QED) is 0.330. The molecule has 0 aliphatic carbocycles. The minimum Gasteiger partial charge on any atom is -0.465 e. The van der Waals surface area contributed by atoms with E-state index in [4.69, 9.17) is 4.74 Å². The van der Waals surface area contributed by atoms with Gasteiger partial charge in [0, 0.05) is 13.1 Å². The number of esters is 1. The molecule has 1 fully saturated rings. The average Bonchev–Trinajstić information content (AvgIpc) is 2.56. The molecule has 22 heavy (non-hydrogen) atoms. The predicted octanol–water partition coefficient (Wildman–Crippen LogP) is 3.91. The Morgan fingerprint density at radius 3 is 2.23 bits per heavy atom. The van der Waals surface area contributed by atoms with E-state index in [1.807, 2.05) is 4.90 Å². The summed E-state index contributed by atoms with van der Waals surface area (Å²) in [6, 6.07) is 0. The highest BCUT2D eigenvalue weighted by atomic mass is 79.9. The fourth-order valence-electron chi connectivity index (χ4n) is 2.80. The number of amides is 1. The van der Waals surface area contributed by atoms with E-state index >= 15 is 0 Å². The van der Waals surface area contributed by atoms with Gasteiger partial charge in [-0.2, -0.15) is 0 Å². The van der Waals surface area contributed by atoms with E-state index in [-0.39, 0.29) is 17.8 Å². The summed E-state index contributed by atoms with van der Waals surface area (Å²) in [7, 11) is 0. The van der Waals surface area contributed by atoms with E-state index in [1.165, 1.54) is 32.1 Å². The normalized spacial score (nSPS) is 15.8. The molecule has 0 radical (unpaired) electrons. The maximum absolute atomic E-state index is 12.0. The molecule has 0 saturated carbocycles. The fourth-order valence-corrected chi connectivity index (χ4v) is 3.15. The van der Waals surface area contributed by atoms with Crippen LogP contribution in [0.5, 0.6) is 0 Å². The lowest BCUT2D eigenvalue weighted by Gasteiger charge is -2.30. The number of carbonyl (C=O) groups excluding carboxylic acids is 2. The molecule has 0 aromatic heterocycles. The number of hydrogen-bond acceptors (Lipinski definition) is 3. The molecule has 5 heteroatoms. The molecule has 0 spiro atoms. The Morgan fingerprint density at radius 1 is 1.05 bits per heavy atom. The molecule has 1 aliphatic rings. The number of rotatable bonds is 10. The van der Waals surface area contributed by atoms with Gasteiger partial charge in [0.25, 0.3) is 0 Å². The summed E-state index contributed by atoms with van der Waals surface area (Å²) in [5, 5.41) is 0.361. The number of ether oxygens (including phenoxy) is 1. The van der Waals surface area contributed by atoms with E-state index in [9.17, 15) is 9.59 Å². The summed E-state index contributed by atoms with van der Waals surface area (Å²) in [4.78, 5) is 25.3. The number of halogens is 1. The Bertz CT molecular complexity index is 328. The second-order valence-electron chi connectivity index (χ2n) is 6.08. The molecule has 1 heterocycles. The van der Waals surface area contributed by atoms with Gasteiger partial charge in [-0.1, -0.05) is 61.4 Å². The van der Waals surface area contributed by atoms with Gasteiger partial charge in [0.1, 0.15) is 0 Å². The number of piperidine rings is 1. The van der Waals surface area contributed by atoms with Crippen molar-refractivity contribution in [1.29, 1.82) is 0 Å². The van der Waals surface area contributed by atoms with Gasteiger partial charge in [0.15, 0.2) is 0 Å². The lowest BCUT2D eigenvalue weighted by molar-refractivity contribution is -0.151. The van der Waals surface area contributed by atoms with Gasteiger partial charge in [0.05, 0.1) is 17.9 Å². The van der Waals surface area contributed by atoms with Crippen LogP contribution in [0, 0.1) is 5.92 Å².